The van der Waals surface area contributed by atoms with Crippen molar-refractivity contribution >= 4 is 27.5 Å². The topological polar surface area (TPSA) is 29.9 Å². The van der Waals surface area contributed by atoms with Crippen molar-refractivity contribution < 1.29 is 0 Å². The zero-order chi connectivity index (χ0) is 13.1. The van der Waals surface area contributed by atoms with Crippen molar-refractivity contribution in [2.24, 2.45) is 7.05 Å². The van der Waals surface area contributed by atoms with Gasteiger partial charge in [0.15, 0.2) is 0 Å². The maximum absolute atomic E-state index is 6.30. The molecule has 0 saturated carbocycles. The quantitative estimate of drug-likeness (QED) is 0.815. The van der Waals surface area contributed by atoms with E-state index in [0.29, 0.717) is 0 Å². The molecule has 0 saturated heterocycles. The summed E-state index contributed by atoms with van der Waals surface area (Å²) in [5.41, 5.74) is 2.14. The van der Waals surface area contributed by atoms with E-state index in [1.807, 2.05) is 11.7 Å². The SMILES string of the molecule is CCc1nn(C)c(CNC(C)(C)CCBr)c1Cl. The van der Waals surface area contributed by atoms with Crippen molar-refractivity contribution in [2.75, 3.05) is 5.33 Å². The van der Waals surface area contributed by atoms with E-state index in [0.717, 1.165) is 41.1 Å². The van der Waals surface area contributed by atoms with Gasteiger partial charge in [0.05, 0.1) is 16.4 Å². The van der Waals surface area contributed by atoms with Crippen LogP contribution < -0.4 is 5.32 Å². The van der Waals surface area contributed by atoms with E-state index in [2.05, 4.69) is 47.1 Å². The molecule has 0 radical (unpaired) electrons. The Morgan fingerprint density at radius 1 is 1.47 bits per heavy atom. The van der Waals surface area contributed by atoms with Crippen LogP contribution in [-0.2, 0) is 20.0 Å². The van der Waals surface area contributed by atoms with Crippen LogP contribution in [0.5, 0.6) is 0 Å². The molecular weight excluding hydrogens is 302 g/mol. The highest BCUT2D eigenvalue weighted by molar-refractivity contribution is 9.09. The molecule has 1 N–H and O–H groups in total. The first-order chi connectivity index (χ1) is 7.91. The van der Waals surface area contributed by atoms with Gasteiger partial charge in [-0.25, -0.2) is 0 Å². The first-order valence-electron chi connectivity index (χ1n) is 5.92. The van der Waals surface area contributed by atoms with Gasteiger partial charge in [-0.15, -0.1) is 0 Å². The molecule has 0 aromatic carbocycles. The summed E-state index contributed by atoms with van der Waals surface area (Å²) < 4.78 is 1.87. The van der Waals surface area contributed by atoms with Crippen molar-refractivity contribution in [1.82, 2.24) is 15.1 Å². The summed E-state index contributed by atoms with van der Waals surface area (Å²) in [6.07, 6.45) is 1.95. The second-order valence-electron chi connectivity index (χ2n) is 4.86. The summed E-state index contributed by atoms with van der Waals surface area (Å²) in [6, 6.07) is 0. The number of hydrogen-bond donors (Lipinski definition) is 1. The fourth-order valence-corrected chi connectivity index (χ4v) is 3.01. The Hall–Kier alpha value is -0.0600. The fourth-order valence-electron chi connectivity index (χ4n) is 1.66. The molecule has 98 valence electrons. The number of aromatic nitrogens is 2. The molecule has 1 aromatic heterocycles. The van der Waals surface area contributed by atoms with Crippen molar-refractivity contribution in [3.05, 3.63) is 16.4 Å². The van der Waals surface area contributed by atoms with E-state index in [1.165, 1.54) is 0 Å². The van der Waals surface area contributed by atoms with Crippen molar-refractivity contribution in [3.63, 3.8) is 0 Å². The van der Waals surface area contributed by atoms with Gasteiger partial charge in [-0.3, -0.25) is 4.68 Å². The summed E-state index contributed by atoms with van der Waals surface area (Å²) in [4.78, 5) is 0. The van der Waals surface area contributed by atoms with E-state index >= 15 is 0 Å². The summed E-state index contributed by atoms with van der Waals surface area (Å²) in [6.45, 7) is 7.21. The van der Waals surface area contributed by atoms with Crippen LogP contribution in [0.1, 0.15) is 38.6 Å². The van der Waals surface area contributed by atoms with Gasteiger partial charge < -0.3 is 5.32 Å². The molecular formula is C12H21BrClN3. The second-order valence-corrected chi connectivity index (χ2v) is 6.03. The molecule has 1 heterocycles. The number of hydrogen-bond acceptors (Lipinski definition) is 2. The summed E-state index contributed by atoms with van der Waals surface area (Å²) in [7, 11) is 1.94. The first kappa shape index (κ1) is 15.0. The molecule has 1 aromatic rings. The molecule has 0 aliphatic carbocycles. The third-order valence-electron chi connectivity index (χ3n) is 2.96. The summed E-state index contributed by atoms with van der Waals surface area (Å²) >= 11 is 9.78. The Kier molecular flexibility index (Phi) is 5.48. The molecule has 5 heteroatoms. The van der Waals surface area contributed by atoms with Gasteiger partial charge in [0, 0.05) is 24.5 Å². The number of nitrogens with zero attached hydrogens (tertiary/aromatic N) is 2. The van der Waals surface area contributed by atoms with Crippen molar-refractivity contribution in [3.8, 4) is 0 Å². The minimum Gasteiger partial charge on any atom is -0.306 e. The highest BCUT2D eigenvalue weighted by atomic mass is 79.9. The number of halogens is 2. The van der Waals surface area contributed by atoms with Gasteiger partial charge in [-0.05, 0) is 26.7 Å². The van der Waals surface area contributed by atoms with Crippen LogP contribution in [0.3, 0.4) is 0 Å². The Morgan fingerprint density at radius 3 is 2.59 bits per heavy atom. The molecule has 0 aliphatic rings. The molecule has 0 unspecified atom stereocenters. The third-order valence-corrected chi connectivity index (χ3v) is 3.79. The minimum absolute atomic E-state index is 0.101. The Bertz CT molecular complexity index is 374. The standard InChI is InChI=1S/C12H21BrClN3/c1-5-9-11(14)10(17(4)16-9)8-15-12(2,3)6-7-13/h15H,5-8H2,1-4H3. The number of nitrogens with one attached hydrogen (secondary N) is 1. The highest BCUT2D eigenvalue weighted by Gasteiger charge is 2.19. The van der Waals surface area contributed by atoms with Gasteiger partial charge in [-0.1, -0.05) is 34.5 Å². The fraction of sp³-hybridized carbons (Fsp3) is 0.750. The van der Waals surface area contributed by atoms with Crippen LogP contribution >= 0.6 is 27.5 Å². The molecule has 0 fully saturated rings. The van der Waals surface area contributed by atoms with Crippen LogP contribution in [0.25, 0.3) is 0 Å². The molecule has 0 atom stereocenters. The van der Waals surface area contributed by atoms with Gasteiger partial charge in [0.2, 0.25) is 0 Å². The maximum Gasteiger partial charge on any atom is 0.0863 e. The lowest BCUT2D eigenvalue weighted by Crippen LogP contribution is -2.39. The van der Waals surface area contributed by atoms with Crippen LogP contribution in [-0.4, -0.2) is 20.6 Å². The van der Waals surface area contributed by atoms with Gasteiger partial charge in [0.1, 0.15) is 0 Å². The van der Waals surface area contributed by atoms with Gasteiger partial charge >= 0.3 is 0 Å². The summed E-state index contributed by atoms with van der Waals surface area (Å²) in [5, 5.41) is 9.73. The van der Waals surface area contributed by atoms with Gasteiger partial charge in [0.25, 0.3) is 0 Å². The molecule has 0 spiro atoms. The average Bonchev–Trinajstić information content (AvgIpc) is 2.51. The van der Waals surface area contributed by atoms with E-state index in [-0.39, 0.29) is 5.54 Å². The smallest absolute Gasteiger partial charge is 0.0863 e. The second kappa shape index (κ2) is 6.21. The normalized spacial score (nSPS) is 12.1. The molecule has 0 amide bonds. The van der Waals surface area contributed by atoms with E-state index in [9.17, 15) is 0 Å². The van der Waals surface area contributed by atoms with Gasteiger partial charge in [-0.2, -0.15) is 5.10 Å². The van der Waals surface area contributed by atoms with Crippen molar-refractivity contribution in [1.29, 1.82) is 0 Å². The maximum atomic E-state index is 6.30. The number of aryl methyl sites for hydroxylation is 2. The van der Waals surface area contributed by atoms with E-state index < -0.39 is 0 Å². The van der Waals surface area contributed by atoms with Crippen LogP contribution in [0.2, 0.25) is 5.02 Å². The van der Waals surface area contributed by atoms with E-state index in [4.69, 9.17) is 11.6 Å². The van der Waals surface area contributed by atoms with Crippen LogP contribution in [0, 0.1) is 0 Å². The van der Waals surface area contributed by atoms with Crippen LogP contribution in [0.15, 0.2) is 0 Å². The Labute approximate surface area is 117 Å². The molecule has 0 aliphatic heterocycles. The number of alkyl halides is 1. The van der Waals surface area contributed by atoms with Crippen molar-refractivity contribution in [2.45, 2.75) is 45.7 Å². The zero-order valence-corrected chi connectivity index (χ0v) is 13.3. The lowest BCUT2D eigenvalue weighted by molar-refractivity contribution is 0.372. The predicted molar refractivity (Wildman–Crippen MR) is 76.9 cm³/mol. The average molecular weight is 323 g/mol. The van der Waals surface area contributed by atoms with Crippen LogP contribution in [0.4, 0.5) is 0 Å². The summed E-state index contributed by atoms with van der Waals surface area (Å²) in [5.74, 6) is 0. The van der Waals surface area contributed by atoms with E-state index in [1.54, 1.807) is 0 Å². The molecule has 3 nitrogen and oxygen atoms in total. The third kappa shape index (κ3) is 3.97. The predicted octanol–water partition coefficient (Wildman–Crippen LogP) is 3.29. The lowest BCUT2D eigenvalue weighted by Gasteiger charge is -2.25. The largest absolute Gasteiger partial charge is 0.306 e. The monoisotopic (exact) mass is 321 g/mol. The molecule has 17 heavy (non-hydrogen) atoms. The Balaban J connectivity index is 2.72. The number of rotatable bonds is 6. The molecule has 1 rings (SSSR count). The molecule has 0 bridgehead atoms. The zero-order valence-electron chi connectivity index (χ0n) is 11.0. The first-order valence-corrected chi connectivity index (χ1v) is 7.42. The highest BCUT2D eigenvalue weighted by Crippen LogP contribution is 2.21. The Morgan fingerprint density at radius 2 is 2.12 bits per heavy atom. The minimum atomic E-state index is 0.101. The lowest BCUT2D eigenvalue weighted by atomic mass is 10.0.